The molecule has 156 valence electrons. The number of hydrogen-bond donors (Lipinski definition) is 2. The summed E-state index contributed by atoms with van der Waals surface area (Å²) in [6.45, 7) is 2.24. The molecule has 0 aliphatic carbocycles. The summed E-state index contributed by atoms with van der Waals surface area (Å²) in [5, 5.41) is 2.21. The Bertz CT molecular complexity index is 1340. The number of benzene rings is 2. The first-order valence-electron chi connectivity index (χ1n) is 9.89. The van der Waals surface area contributed by atoms with Crippen molar-refractivity contribution in [1.82, 2.24) is 14.9 Å². The van der Waals surface area contributed by atoms with Gasteiger partial charge >= 0.3 is 0 Å². The minimum Gasteiger partial charge on any atom is -0.378 e. The van der Waals surface area contributed by atoms with Gasteiger partial charge in [0.25, 0.3) is 11.8 Å². The Morgan fingerprint density at radius 3 is 2.65 bits per heavy atom. The molecule has 0 spiro atoms. The molecule has 8 heteroatoms. The first kappa shape index (κ1) is 19.5. The molecule has 3 N–H and O–H groups in total. The summed E-state index contributed by atoms with van der Waals surface area (Å²) in [6, 6.07) is 11.0. The second-order valence-electron chi connectivity index (χ2n) is 7.46. The van der Waals surface area contributed by atoms with Gasteiger partial charge in [0.1, 0.15) is 0 Å². The molecule has 2 aromatic carbocycles. The van der Waals surface area contributed by atoms with Crippen molar-refractivity contribution in [2.24, 2.45) is 5.73 Å². The van der Waals surface area contributed by atoms with Crippen LogP contribution in [0, 0.1) is 0 Å². The Kier molecular flexibility index (Phi) is 4.84. The molecule has 1 saturated heterocycles. The average Bonchev–Trinajstić information content (AvgIpc) is 3.16. The van der Waals surface area contributed by atoms with Gasteiger partial charge in [-0.1, -0.05) is 17.7 Å². The van der Waals surface area contributed by atoms with Gasteiger partial charge < -0.3 is 20.4 Å². The number of morpholine rings is 1. The molecule has 4 aromatic rings. The van der Waals surface area contributed by atoms with Crippen molar-refractivity contribution >= 4 is 45.2 Å². The number of ether oxygens (including phenoxy) is 1. The van der Waals surface area contributed by atoms with Gasteiger partial charge in [0.2, 0.25) is 0 Å². The van der Waals surface area contributed by atoms with Gasteiger partial charge in [-0.2, -0.15) is 0 Å². The standard InChI is InChI=1S/C23H19ClN4O3/c24-19-12-26-4-3-15(19)14-9-17-16-2-1-13(23(30)28-5-7-31-8-6-28)11-20(16)27-21(17)18(10-14)22(25)29/h1-4,9-12,27H,5-8H2,(H2,25,29). The zero-order valence-electron chi connectivity index (χ0n) is 16.5. The van der Waals surface area contributed by atoms with Crippen LogP contribution in [0.4, 0.5) is 0 Å². The fourth-order valence-corrected chi connectivity index (χ4v) is 4.28. The number of aromatic nitrogens is 2. The van der Waals surface area contributed by atoms with Crippen LogP contribution in [0.25, 0.3) is 32.9 Å². The van der Waals surface area contributed by atoms with Crippen LogP contribution in [0.15, 0.2) is 48.8 Å². The smallest absolute Gasteiger partial charge is 0.254 e. The number of nitrogens with one attached hydrogen (secondary N) is 1. The molecule has 1 aliphatic rings. The fourth-order valence-electron chi connectivity index (χ4n) is 4.05. The molecule has 0 unspecified atom stereocenters. The number of aromatic amines is 1. The molecule has 0 bridgehead atoms. The number of fused-ring (bicyclic) bond motifs is 3. The summed E-state index contributed by atoms with van der Waals surface area (Å²) in [5.41, 5.74) is 9.54. The van der Waals surface area contributed by atoms with Crippen LogP contribution in [0.5, 0.6) is 0 Å². The monoisotopic (exact) mass is 434 g/mol. The molecule has 2 aromatic heterocycles. The summed E-state index contributed by atoms with van der Waals surface area (Å²) < 4.78 is 5.33. The van der Waals surface area contributed by atoms with Gasteiger partial charge in [-0.3, -0.25) is 14.6 Å². The Morgan fingerprint density at radius 2 is 1.90 bits per heavy atom. The van der Waals surface area contributed by atoms with Crippen molar-refractivity contribution in [3.63, 3.8) is 0 Å². The summed E-state index contributed by atoms with van der Waals surface area (Å²) in [6.07, 6.45) is 3.21. The van der Waals surface area contributed by atoms with E-state index in [2.05, 4.69) is 9.97 Å². The molecule has 0 radical (unpaired) electrons. The predicted molar refractivity (Wildman–Crippen MR) is 119 cm³/mol. The van der Waals surface area contributed by atoms with Crippen molar-refractivity contribution in [3.8, 4) is 11.1 Å². The number of hydrogen-bond acceptors (Lipinski definition) is 4. The van der Waals surface area contributed by atoms with E-state index < -0.39 is 5.91 Å². The number of amides is 2. The van der Waals surface area contributed by atoms with Gasteiger partial charge in [-0.25, -0.2) is 0 Å². The summed E-state index contributed by atoms with van der Waals surface area (Å²) in [4.78, 5) is 34.2. The number of H-pyrrole nitrogens is 1. The lowest BCUT2D eigenvalue weighted by Gasteiger charge is -2.26. The van der Waals surface area contributed by atoms with Gasteiger partial charge in [0, 0.05) is 52.9 Å². The van der Waals surface area contributed by atoms with Gasteiger partial charge in [0.05, 0.1) is 29.3 Å². The number of rotatable bonds is 3. The minimum absolute atomic E-state index is 0.0387. The largest absolute Gasteiger partial charge is 0.378 e. The van der Waals surface area contributed by atoms with Gasteiger partial charge in [-0.05, 0) is 35.9 Å². The number of halogens is 1. The Balaban J connectivity index is 1.67. The highest BCUT2D eigenvalue weighted by atomic mass is 35.5. The SMILES string of the molecule is NC(=O)c1cc(-c2ccncc2Cl)cc2c1[nH]c1cc(C(=O)N3CCOCC3)ccc12. The summed E-state index contributed by atoms with van der Waals surface area (Å²) in [5.74, 6) is -0.587. The third kappa shape index (κ3) is 3.41. The van der Waals surface area contributed by atoms with E-state index in [4.69, 9.17) is 22.1 Å². The second-order valence-corrected chi connectivity index (χ2v) is 7.86. The maximum atomic E-state index is 12.9. The molecular formula is C23H19ClN4O3. The van der Waals surface area contributed by atoms with E-state index in [9.17, 15) is 9.59 Å². The number of pyridine rings is 1. The fraction of sp³-hybridized carbons (Fsp3) is 0.174. The van der Waals surface area contributed by atoms with E-state index in [1.807, 2.05) is 24.3 Å². The first-order valence-corrected chi connectivity index (χ1v) is 10.3. The molecule has 5 rings (SSSR count). The molecule has 2 amide bonds. The Morgan fingerprint density at radius 1 is 1.10 bits per heavy atom. The first-order chi connectivity index (χ1) is 15.0. The maximum Gasteiger partial charge on any atom is 0.254 e. The van der Waals surface area contributed by atoms with Crippen LogP contribution in [-0.4, -0.2) is 53.0 Å². The zero-order valence-corrected chi connectivity index (χ0v) is 17.3. The molecule has 0 atom stereocenters. The van der Waals surface area contributed by atoms with Crippen LogP contribution in [0.1, 0.15) is 20.7 Å². The van der Waals surface area contributed by atoms with E-state index in [1.54, 1.807) is 29.4 Å². The number of primary amides is 1. The van der Waals surface area contributed by atoms with Crippen LogP contribution in [-0.2, 0) is 4.74 Å². The molecule has 1 fully saturated rings. The van der Waals surface area contributed by atoms with Crippen molar-refractivity contribution in [2.75, 3.05) is 26.3 Å². The Labute approximate surface area is 182 Å². The van der Waals surface area contributed by atoms with Crippen molar-refractivity contribution in [3.05, 3.63) is 64.9 Å². The number of nitrogens with two attached hydrogens (primary N) is 1. The topological polar surface area (TPSA) is 101 Å². The lowest BCUT2D eigenvalue weighted by molar-refractivity contribution is 0.0303. The van der Waals surface area contributed by atoms with E-state index in [-0.39, 0.29) is 5.91 Å². The highest BCUT2D eigenvalue weighted by Gasteiger charge is 2.20. The van der Waals surface area contributed by atoms with E-state index in [0.29, 0.717) is 48.0 Å². The lowest BCUT2D eigenvalue weighted by Crippen LogP contribution is -2.40. The van der Waals surface area contributed by atoms with Crippen molar-refractivity contribution < 1.29 is 14.3 Å². The number of nitrogens with zero attached hydrogens (tertiary/aromatic N) is 2. The second kappa shape index (κ2) is 7.68. The molecule has 3 heterocycles. The number of carbonyl (C=O) groups is 2. The summed E-state index contributed by atoms with van der Waals surface area (Å²) in [7, 11) is 0. The van der Waals surface area contributed by atoms with Crippen LogP contribution < -0.4 is 5.73 Å². The van der Waals surface area contributed by atoms with E-state index in [1.165, 1.54) is 0 Å². The van der Waals surface area contributed by atoms with E-state index >= 15 is 0 Å². The van der Waals surface area contributed by atoms with Crippen LogP contribution >= 0.6 is 11.6 Å². The summed E-state index contributed by atoms with van der Waals surface area (Å²) >= 11 is 6.33. The third-order valence-electron chi connectivity index (χ3n) is 5.60. The minimum atomic E-state index is -0.548. The lowest BCUT2D eigenvalue weighted by atomic mass is 9.99. The quantitative estimate of drug-likeness (QED) is 0.514. The number of carbonyl (C=O) groups excluding carboxylic acids is 2. The van der Waals surface area contributed by atoms with Gasteiger partial charge in [-0.15, -0.1) is 0 Å². The van der Waals surface area contributed by atoms with Crippen molar-refractivity contribution in [1.29, 1.82) is 0 Å². The molecular weight excluding hydrogens is 416 g/mol. The molecule has 0 saturated carbocycles. The third-order valence-corrected chi connectivity index (χ3v) is 5.90. The predicted octanol–water partition coefficient (Wildman–Crippen LogP) is 3.61. The van der Waals surface area contributed by atoms with E-state index in [0.717, 1.165) is 27.4 Å². The normalized spacial score (nSPS) is 14.3. The highest BCUT2D eigenvalue weighted by molar-refractivity contribution is 6.33. The molecule has 7 nitrogen and oxygen atoms in total. The average molecular weight is 435 g/mol. The van der Waals surface area contributed by atoms with Crippen molar-refractivity contribution in [2.45, 2.75) is 0 Å². The maximum absolute atomic E-state index is 12.9. The zero-order chi connectivity index (χ0) is 21.5. The highest BCUT2D eigenvalue weighted by Crippen LogP contribution is 2.35. The molecule has 1 aliphatic heterocycles. The van der Waals surface area contributed by atoms with Gasteiger partial charge in [0.15, 0.2) is 0 Å². The molecule has 31 heavy (non-hydrogen) atoms. The van der Waals surface area contributed by atoms with Crippen LogP contribution in [0.3, 0.4) is 0 Å². The Hall–Kier alpha value is -3.42. The van der Waals surface area contributed by atoms with Crippen LogP contribution in [0.2, 0.25) is 5.02 Å².